The second-order valence-electron chi connectivity index (χ2n) is 3.44. The number of amides is 2. The molecule has 0 spiro atoms. The number of carbonyl (C=O) groups is 1. The van der Waals surface area contributed by atoms with Crippen LogP contribution in [0.1, 0.15) is 11.1 Å². The summed E-state index contributed by atoms with van der Waals surface area (Å²) in [4.78, 5) is 12.9. The third-order valence-corrected chi connectivity index (χ3v) is 2.35. The van der Waals surface area contributed by atoms with Crippen molar-refractivity contribution in [2.45, 2.75) is 13.2 Å². The number of hydrogen-bond acceptors (Lipinski definition) is 2. The Kier molecular flexibility index (Phi) is 2.13. The van der Waals surface area contributed by atoms with Crippen LogP contribution >= 0.6 is 0 Å². The molecular formula is C10H12N2O2. The molecule has 1 aromatic rings. The number of fused-ring (bicyclic) bond motifs is 1. The first-order valence-electron chi connectivity index (χ1n) is 4.45. The van der Waals surface area contributed by atoms with Crippen LogP contribution in [-0.4, -0.2) is 23.1 Å². The average Bonchev–Trinajstić information content (AvgIpc) is 2.19. The molecule has 0 atom stereocenters. The van der Waals surface area contributed by atoms with Crippen LogP contribution in [0.4, 0.5) is 10.5 Å². The number of carbonyl (C=O) groups excluding carboxylic acids is 1. The first-order valence-corrected chi connectivity index (χ1v) is 4.45. The van der Waals surface area contributed by atoms with Crippen LogP contribution in [0.25, 0.3) is 0 Å². The van der Waals surface area contributed by atoms with Gasteiger partial charge >= 0.3 is 6.03 Å². The van der Waals surface area contributed by atoms with Crippen molar-refractivity contribution in [3.63, 3.8) is 0 Å². The van der Waals surface area contributed by atoms with Gasteiger partial charge < -0.3 is 15.3 Å². The van der Waals surface area contributed by atoms with Crippen molar-refractivity contribution in [1.29, 1.82) is 0 Å². The SMILES string of the molecule is CN1Cc2cc(CO)ccc2NC1=O. The lowest BCUT2D eigenvalue weighted by Crippen LogP contribution is -2.35. The molecule has 0 unspecified atom stereocenters. The largest absolute Gasteiger partial charge is 0.392 e. The van der Waals surface area contributed by atoms with Crippen LogP contribution < -0.4 is 5.32 Å². The molecule has 1 aliphatic heterocycles. The summed E-state index contributed by atoms with van der Waals surface area (Å²) in [6, 6.07) is 5.45. The topological polar surface area (TPSA) is 52.6 Å². The third kappa shape index (κ3) is 1.44. The lowest BCUT2D eigenvalue weighted by atomic mass is 10.1. The van der Waals surface area contributed by atoms with E-state index in [1.54, 1.807) is 11.9 Å². The maximum Gasteiger partial charge on any atom is 0.321 e. The van der Waals surface area contributed by atoms with E-state index in [1.807, 2.05) is 18.2 Å². The number of rotatable bonds is 1. The zero-order valence-electron chi connectivity index (χ0n) is 7.95. The molecule has 0 saturated heterocycles. The molecule has 1 aliphatic rings. The second-order valence-corrected chi connectivity index (χ2v) is 3.44. The molecule has 2 rings (SSSR count). The summed E-state index contributed by atoms with van der Waals surface area (Å²) in [5.41, 5.74) is 2.75. The second kappa shape index (κ2) is 3.31. The summed E-state index contributed by atoms with van der Waals surface area (Å²) < 4.78 is 0. The Morgan fingerprint density at radius 3 is 3.07 bits per heavy atom. The molecular weight excluding hydrogens is 180 g/mol. The van der Waals surface area contributed by atoms with E-state index in [2.05, 4.69) is 5.32 Å². The average molecular weight is 192 g/mol. The maximum absolute atomic E-state index is 11.3. The predicted molar refractivity (Wildman–Crippen MR) is 52.9 cm³/mol. The molecule has 2 N–H and O–H groups in total. The Morgan fingerprint density at radius 2 is 2.36 bits per heavy atom. The van der Waals surface area contributed by atoms with Crippen LogP contribution in [0.2, 0.25) is 0 Å². The molecule has 14 heavy (non-hydrogen) atoms. The molecule has 2 amide bonds. The van der Waals surface area contributed by atoms with E-state index in [0.29, 0.717) is 6.54 Å². The molecule has 4 nitrogen and oxygen atoms in total. The van der Waals surface area contributed by atoms with E-state index in [-0.39, 0.29) is 12.6 Å². The van der Waals surface area contributed by atoms with E-state index >= 15 is 0 Å². The van der Waals surface area contributed by atoms with Gasteiger partial charge in [-0.1, -0.05) is 6.07 Å². The minimum absolute atomic E-state index is 0.0327. The van der Waals surface area contributed by atoms with Crippen LogP contribution in [0, 0.1) is 0 Å². The first-order chi connectivity index (χ1) is 6.70. The molecule has 0 bridgehead atoms. The number of anilines is 1. The molecule has 0 radical (unpaired) electrons. The predicted octanol–water partition coefficient (Wildman–Crippen LogP) is 1.16. The molecule has 0 aliphatic carbocycles. The normalized spacial score (nSPS) is 15.0. The van der Waals surface area contributed by atoms with Crippen molar-refractivity contribution in [3.8, 4) is 0 Å². The highest BCUT2D eigenvalue weighted by Gasteiger charge is 2.18. The number of aliphatic hydroxyl groups excluding tert-OH is 1. The van der Waals surface area contributed by atoms with Gasteiger partial charge in [0.05, 0.1) is 6.61 Å². The van der Waals surface area contributed by atoms with Gasteiger partial charge in [-0.2, -0.15) is 0 Å². The lowest BCUT2D eigenvalue weighted by molar-refractivity contribution is 0.218. The van der Waals surface area contributed by atoms with Crippen molar-refractivity contribution in [1.82, 2.24) is 4.90 Å². The number of nitrogens with zero attached hydrogens (tertiary/aromatic N) is 1. The Hall–Kier alpha value is -1.55. The molecule has 74 valence electrons. The van der Waals surface area contributed by atoms with Gasteiger partial charge in [0.2, 0.25) is 0 Å². The van der Waals surface area contributed by atoms with Crippen LogP contribution in [0.3, 0.4) is 0 Å². The standard InChI is InChI=1S/C10H12N2O2/c1-12-5-8-4-7(6-13)2-3-9(8)11-10(12)14/h2-4,13H,5-6H2,1H3,(H,11,14). The monoisotopic (exact) mass is 192 g/mol. The molecule has 0 saturated carbocycles. The molecule has 4 heteroatoms. The number of aliphatic hydroxyl groups is 1. The van der Waals surface area contributed by atoms with E-state index in [4.69, 9.17) is 5.11 Å². The summed E-state index contributed by atoms with van der Waals surface area (Å²) >= 11 is 0. The minimum atomic E-state index is -0.0887. The quantitative estimate of drug-likeness (QED) is 0.701. The molecule has 1 aromatic carbocycles. The molecule has 0 aromatic heterocycles. The van der Waals surface area contributed by atoms with Crippen LogP contribution in [0.5, 0.6) is 0 Å². The fraction of sp³-hybridized carbons (Fsp3) is 0.300. The zero-order chi connectivity index (χ0) is 10.1. The summed E-state index contributed by atoms with van der Waals surface area (Å²) in [6.45, 7) is 0.625. The van der Waals surface area contributed by atoms with Crippen molar-refractivity contribution >= 4 is 11.7 Å². The van der Waals surface area contributed by atoms with Crippen molar-refractivity contribution in [2.24, 2.45) is 0 Å². The highest BCUT2D eigenvalue weighted by Crippen LogP contribution is 2.23. The lowest BCUT2D eigenvalue weighted by Gasteiger charge is -2.26. The summed E-state index contributed by atoms with van der Waals surface area (Å²) in [5, 5.41) is 11.7. The Labute approximate surface area is 82.2 Å². The summed E-state index contributed by atoms with van der Waals surface area (Å²) in [5.74, 6) is 0. The minimum Gasteiger partial charge on any atom is -0.392 e. The van der Waals surface area contributed by atoms with E-state index in [0.717, 1.165) is 16.8 Å². The highest BCUT2D eigenvalue weighted by atomic mass is 16.3. The summed E-state index contributed by atoms with van der Waals surface area (Å²) in [6.07, 6.45) is 0. The van der Waals surface area contributed by atoms with Crippen molar-refractivity contribution in [2.75, 3.05) is 12.4 Å². The molecule has 0 fully saturated rings. The molecule has 1 heterocycles. The zero-order valence-corrected chi connectivity index (χ0v) is 7.95. The van der Waals surface area contributed by atoms with Gasteiger partial charge in [0.1, 0.15) is 0 Å². The van der Waals surface area contributed by atoms with Crippen LogP contribution in [0.15, 0.2) is 18.2 Å². The van der Waals surface area contributed by atoms with Gasteiger partial charge in [0.25, 0.3) is 0 Å². The first kappa shape index (κ1) is 9.02. The highest BCUT2D eigenvalue weighted by molar-refractivity contribution is 5.92. The third-order valence-electron chi connectivity index (χ3n) is 2.35. The number of hydrogen-bond donors (Lipinski definition) is 2. The van der Waals surface area contributed by atoms with Gasteiger partial charge in [-0.15, -0.1) is 0 Å². The van der Waals surface area contributed by atoms with Gasteiger partial charge in [-0.05, 0) is 23.3 Å². The number of nitrogens with one attached hydrogen (secondary N) is 1. The van der Waals surface area contributed by atoms with Gasteiger partial charge in [0, 0.05) is 19.3 Å². The Morgan fingerprint density at radius 1 is 1.57 bits per heavy atom. The Balaban J connectivity index is 2.37. The smallest absolute Gasteiger partial charge is 0.321 e. The van der Waals surface area contributed by atoms with E-state index < -0.39 is 0 Å². The number of urea groups is 1. The van der Waals surface area contributed by atoms with E-state index in [9.17, 15) is 4.79 Å². The maximum atomic E-state index is 11.3. The van der Waals surface area contributed by atoms with Crippen LogP contribution in [-0.2, 0) is 13.2 Å². The fourth-order valence-electron chi connectivity index (χ4n) is 1.54. The van der Waals surface area contributed by atoms with Gasteiger partial charge in [-0.25, -0.2) is 4.79 Å². The fourth-order valence-corrected chi connectivity index (χ4v) is 1.54. The van der Waals surface area contributed by atoms with Gasteiger partial charge in [-0.3, -0.25) is 0 Å². The van der Waals surface area contributed by atoms with Crippen molar-refractivity contribution < 1.29 is 9.90 Å². The van der Waals surface area contributed by atoms with Gasteiger partial charge in [0.15, 0.2) is 0 Å². The van der Waals surface area contributed by atoms with E-state index in [1.165, 1.54) is 0 Å². The summed E-state index contributed by atoms with van der Waals surface area (Å²) in [7, 11) is 1.74. The van der Waals surface area contributed by atoms with Crippen molar-refractivity contribution in [3.05, 3.63) is 29.3 Å². The number of benzene rings is 1. The Bertz CT molecular complexity index is 376.